The Morgan fingerprint density at radius 3 is 3.29 bits per heavy atom. The zero-order valence-corrected chi connectivity index (χ0v) is 7.73. The standard InChI is InChI=1S/C10H12N2O2/c13-6-8-4-3-7-2-1-5-11-9(7)12-10(8)14/h1-2,5,8,13H,3-4,6H2,(H,11,12,14). The second-order valence-electron chi connectivity index (χ2n) is 3.42. The van der Waals surface area contributed by atoms with E-state index in [1.807, 2.05) is 12.1 Å². The molecule has 0 radical (unpaired) electrons. The van der Waals surface area contributed by atoms with Crippen molar-refractivity contribution in [1.82, 2.24) is 4.98 Å². The predicted molar refractivity (Wildman–Crippen MR) is 51.8 cm³/mol. The van der Waals surface area contributed by atoms with Gasteiger partial charge in [0.1, 0.15) is 5.82 Å². The average molecular weight is 192 g/mol. The maximum absolute atomic E-state index is 11.5. The molecule has 1 atom stereocenters. The number of hydrogen-bond donors (Lipinski definition) is 2. The van der Waals surface area contributed by atoms with Crippen molar-refractivity contribution in [3.05, 3.63) is 23.9 Å². The van der Waals surface area contributed by atoms with Gasteiger partial charge in [-0.1, -0.05) is 6.07 Å². The number of fused-ring (bicyclic) bond motifs is 1. The minimum Gasteiger partial charge on any atom is -0.396 e. The number of aliphatic hydroxyl groups excluding tert-OH is 1. The lowest BCUT2D eigenvalue weighted by molar-refractivity contribution is -0.121. The zero-order valence-electron chi connectivity index (χ0n) is 7.73. The predicted octanol–water partition coefficient (Wildman–Crippen LogP) is 0.575. The molecule has 2 N–H and O–H groups in total. The van der Waals surface area contributed by atoms with Gasteiger partial charge in [-0.25, -0.2) is 4.98 Å². The molecule has 0 bridgehead atoms. The number of nitrogens with zero attached hydrogens (tertiary/aromatic N) is 1. The molecular formula is C10H12N2O2. The first-order valence-electron chi connectivity index (χ1n) is 4.67. The van der Waals surface area contributed by atoms with E-state index in [-0.39, 0.29) is 18.4 Å². The third-order valence-corrected chi connectivity index (χ3v) is 2.49. The molecule has 74 valence electrons. The van der Waals surface area contributed by atoms with Gasteiger partial charge in [0.15, 0.2) is 0 Å². The SMILES string of the molecule is O=C1Nc2ncccc2CCC1CO. The second kappa shape index (κ2) is 3.75. The summed E-state index contributed by atoms with van der Waals surface area (Å²) >= 11 is 0. The first-order chi connectivity index (χ1) is 6.81. The summed E-state index contributed by atoms with van der Waals surface area (Å²) in [5.41, 5.74) is 1.04. The fourth-order valence-electron chi connectivity index (χ4n) is 1.61. The molecule has 0 aliphatic carbocycles. The first-order valence-corrected chi connectivity index (χ1v) is 4.67. The van der Waals surface area contributed by atoms with Gasteiger partial charge in [0.25, 0.3) is 0 Å². The number of amides is 1. The third-order valence-electron chi connectivity index (χ3n) is 2.49. The largest absolute Gasteiger partial charge is 0.396 e. The van der Waals surface area contributed by atoms with Crippen LogP contribution in [0.1, 0.15) is 12.0 Å². The molecule has 1 aliphatic heterocycles. The Bertz CT molecular complexity index is 352. The molecule has 1 amide bonds. The number of hydrogen-bond acceptors (Lipinski definition) is 3. The van der Waals surface area contributed by atoms with Crippen LogP contribution in [0.4, 0.5) is 5.82 Å². The van der Waals surface area contributed by atoms with Gasteiger partial charge in [-0.05, 0) is 24.5 Å². The Kier molecular flexibility index (Phi) is 2.45. The normalized spacial score (nSPS) is 20.9. The van der Waals surface area contributed by atoms with E-state index < -0.39 is 0 Å². The third kappa shape index (κ3) is 1.61. The summed E-state index contributed by atoms with van der Waals surface area (Å²) < 4.78 is 0. The molecule has 0 saturated carbocycles. The first kappa shape index (κ1) is 9.15. The van der Waals surface area contributed by atoms with Crippen molar-refractivity contribution in [2.24, 2.45) is 5.92 Å². The van der Waals surface area contributed by atoms with E-state index in [2.05, 4.69) is 10.3 Å². The van der Waals surface area contributed by atoms with Crippen LogP contribution in [0.15, 0.2) is 18.3 Å². The molecule has 4 nitrogen and oxygen atoms in total. The number of aliphatic hydroxyl groups is 1. The lowest BCUT2D eigenvalue weighted by Crippen LogP contribution is -2.24. The van der Waals surface area contributed by atoms with Gasteiger partial charge in [-0.15, -0.1) is 0 Å². The number of anilines is 1. The number of pyridine rings is 1. The molecule has 1 aliphatic rings. The molecule has 1 aromatic heterocycles. The highest BCUT2D eigenvalue weighted by Gasteiger charge is 2.22. The van der Waals surface area contributed by atoms with E-state index in [9.17, 15) is 4.79 Å². The van der Waals surface area contributed by atoms with Crippen LogP contribution < -0.4 is 5.32 Å². The van der Waals surface area contributed by atoms with Gasteiger partial charge in [0, 0.05) is 6.20 Å². The molecule has 1 unspecified atom stereocenters. The topological polar surface area (TPSA) is 62.2 Å². The van der Waals surface area contributed by atoms with Crippen molar-refractivity contribution in [1.29, 1.82) is 0 Å². The molecule has 0 spiro atoms. The fraction of sp³-hybridized carbons (Fsp3) is 0.400. The summed E-state index contributed by atoms with van der Waals surface area (Å²) in [6.07, 6.45) is 3.12. The summed E-state index contributed by atoms with van der Waals surface area (Å²) in [7, 11) is 0. The van der Waals surface area contributed by atoms with E-state index in [0.717, 1.165) is 12.0 Å². The second-order valence-corrected chi connectivity index (χ2v) is 3.42. The van der Waals surface area contributed by atoms with E-state index in [1.165, 1.54) is 0 Å². The average Bonchev–Trinajstić information content (AvgIpc) is 2.36. The van der Waals surface area contributed by atoms with E-state index in [0.29, 0.717) is 12.2 Å². The van der Waals surface area contributed by atoms with E-state index in [1.54, 1.807) is 6.20 Å². The molecular weight excluding hydrogens is 180 g/mol. The van der Waals surface area contributed by atoms with Crippen LogP contribution in [0.2, 0.25) is 0 Å². The van der Waals surface area contributed by atoms with Crippen molar-refractivity contribution in [3.63, 3.8) is 0 Å². The molecule has 0 fully saturated rings. The van der Waals surface area contributed by atoms with Gasteiger partial charge in [-0.3, -0.25) is 4.79 Å². The van der Waals surface area contributed by atoms with Crippen LogP contribution in [-0.2, 0) is 11.2 Å². The summed E-state index contributed by atoms with van der Waals surface area (Å²) in [4.78, 5) is 15.6. The Hall–Kier alpha value is -1.42. The molecule has 4 heteroatoms. The van der Waals surface area contributed by atoms with Crippen LogP contribution in [0.3, 0.4) is 0 Å². The molecule has 2 rings (SSSR count). The minimum atomic E-state index is -0.302. The van der Waals surface area contributed by atoms with Crippen LogP contribution in [0.25, 0.3) is 0 Å². The molecule has 1 aromatic rings. The maximum Gasteiger partial charge on any atom is 0.230 e. The Morgan fingerprint density at radius 1 is 1.64 bits per heavy atom. The van der Waals surface area contributed by atoms with Crippen LogP contribution in [-0.4, -0.2) is 22.6 Å². The lowest BCUT2D eigenvalue weighted by atomic mass is 10.0. The van der Waals surface area contributed by atoms with Gasteiger partial charge in [-0.2, -0.15) is 0 Å². The van der Waals surface area contributed by atoms with Gasteiger partial charge in [0.05, 0.1) is 12.5 Å². The fourth-order valence-corrected chi connectivity index (χ4v) is 1.61. The van der Waals surface area contributed by atoms with E-state index in [4.69, 9.17) is 5.11 Å². The number of aryl methyl sites for hydroxylation is 1. The van der Waals surface area contributed by atoms with E-state index >= 15 is 0 Å². The van der Waals surface area contributed by atoms with Gasteiger partial charge >= 0.3 is 0 Å². The van der Waals surface area contributed by atoms with Crippen LogP contribution >= 0.6 is 0 Å². The highest BCUT2D eigenvalue weighted by atomic mass is 16.3. The van der Waals surface area contributed by atoms with Crippen molar-refractivity contribution in [2.45, 2.75) is 12.8 Å². The minimum absolute atomic E-state index is 0.0974. The summed E-state index contributed by atoms with van der Waals surface area (Å²) in [6.45, 7) is -0.0974. The number of aromatic nitrogens is 1. The van der Waals surface area contributed by atoms with Crippen molar-refractivity contribution in [3.8, 4) is 0 Å². The smallest absolute Gasteiger partial charge is 0.230 e. The number of carbonyl (C=O) groups is 1. The molecule has 0 aromatic carbocycles. The highest BCUT2D eigenvalue weighted by molar-refractivity contribution is 5.93. The van der Waals surface area contributed by atoms with Crippen molar-refractivity contribution < 1.29 is 9.90 Å². The lowest BCUT2D eigenvalue weighted by Gasteiger charge is -2.07. The van der Waals surface area contributed by atoms with Crippen LogP contribution in [0, 0.1) is 5.92 Å². The Balaban J connectivity index is 2.28. The van der Waals surface area contributed by atoms with Crippen molar-refractivity contribution in [2.75, 3.05) is 11.9 Å². The van der Waals surface area contributed by atoms with Crippen LogP contribution in [0.5, 0.6) is 0 Å². The summed E-state index contributed by atoms with van der Waals surface area (Å²) in [6, 6.07) is 3.80. The number of carbonyl (C=O) groups excluding carboxylic acids is 1. The maximum atomic E-state index is 11.5. The summed E-state index contributed by atoms with van der Waals surface area (Å²) in [5, 5.41) is 11.7. The summed E-state index contributed by atoms with van der Waals surface area (Å²) in [5.74, 6) is 0.197. The quantitative estimate of drug-likeness (QED) is 0.684. The van der Waals surface area contributed by atoms with Gasteiger partial charge in [0.2, 0.25) is 5.91 Å². The van der Waals surface area contributed by atoms with Crippen molar-refractivity contribution >= 4 is 11.7 Å². The molecule has 2 heterocycles. The van der Waals surface area contributed by atoms with Gasteiger partial charge < -0.3 is 10.4 Å². The highest BCUT2D eigenvalue weighted by Crippen LogP contribution is 2.21. The monoisotopic (exact) mass is 192 g/mol. The number of rotatable bonds is 1. The zero-order chi connectivity index (χ0) is 9.97. The Labute approximate surface area is 82.0 Å². The molecule has 14 heavy (non-hydrogen) atoms. The number of nitrogens with one attached hydrogen (secondary N) is 1. The Morgan fingerprint density at radius 2 is 2.50 bits per heavy atom. The molecule has 0 saturated heterocycles.